The van der Waals surface area contributed by atoms with Crippen molar-refractivity contribution in [3.8, 4) is 33.4 Å². The first-order valence-corrected chi connectivity index (χ1v) is 16.3. The predicted molar refractivity (Wildman–Crippen MR) is 199 cm³/mol. The van der Waals surface area contributed by atoms with Crippen molar-refractivity contribution in [2.75, 3.05) is 0 Å². The second kappa shape index (κ2) is 15.2. The van der Waals surface area contributed by atoms with Gasteiger partial charge in [0.15, 0.2) is 0 Å². The van der Waals surface area contributed by atoms with Crippen LogP contribution in [0.3, 0.4) is 0 Å². The first kappa shape index (κ1) is 32.2. The molecule has 0 heteroatoms. The van der Waals surface area contributed by atoms with Crippen LogP contribution in [0.15, 0.2) is 133 Å². The van der Waals surface area contributed by atoms with Crippen LogP contribution in [0.1, 0.15) is 52.7 Å². The highest BCUT2D eigenvalue weighted by molar-refractivity contribution is 6.23. The Hall–Kier alpha value is -4.68. The molecule has 0 aliphatic heterocycles. The summed E-state index contributed by atoms with van der Waals surface area (Å²) in [4.78, 5) is 0. The van der Waals surface area contributed by atoms with Crippen molar-refractivity contribution < 1.29 is 0 Å². The third-order valence-corrected chi connectivity index (χ3v) is 7.95. The second-order valence-electron chi connectivity index (χ2n) is 10.2. The molecule has 0 nitrogen and oxygen atoms in total. The fraction of sp³-hybridized carbons (Fsp3) is 0.182. The van der Waals surface area contributed by atoms with Crippen LogP contribution in [0.5, 0.6) is 0 Å². The molecule has 7 aromatic carbocycles. The molecule has 0 saturated carbocycles. The summed E-state index contributed by atoms with van der Waals surface area (Å²) in [5.41, 5.74) is 10.3. The van der Waals surface area contributed by atoms with Gasteiger partial charge in [-0.25, -0.2) is 0 Å². The Bertz CT molecular complexity index is 1930. The third kappa shape index (κ3) is 6.03. The Balaban J connectivity index is 0.000000696. The Kier molecular flexibility index (Phi) is 11.1. The van der Waals surface area contributed by atoms with E-state index in [1.165, 1.54) is 76.8 Å². The van der Waals surface area contributed by atoms with Crippen LogP contribution in [0, 0.1) is 13.8 Å². The molecule has 0 amide bonds. The molecule has 0 heterocycles. The first-order chi connectivity index (χ1) is 21.7. The Labute approximate surface area is 265 Å². The lowest BCUT2D eigenvalue weighted by Crippen LogP contribution is -1.93. The van der Waals surface area contributed by atoms with Gasteiger partial charge in [0.05, 0.1) is 0 Å². The van der Waals surface area contributed by atoms with Crippen LogP contribution in [-0.4, -0.2) is 0 Å². The van der Waals surface area contributed by atoms with Gasteiger partial charge < -0.3 is 0 Å². The van der Waals surface area contributed by atoms with Crippen LogP contribution < -0.4 is 0 Å². The summed E-state index contributed by atoms with van der Waals surface area (Å²) in [5, 5.41) is 7.70. The van der Waals surface area contributed by atoms with Gasteiger partial charge in [0.25, 0.3) is 0 Å². The number of hydrogen-bond donors (Lipinski definition) is 0. The summed E-state index contributed by atoms with van der Waals surface area (Å²) >= 11 is 0. The molecule has 0 N–H and O–H groups in total. The highest BCUT2D eigenvalue weighted by Gasteiger charge is 2.18. The molecule has 0 saturated heterocycles. The van der Waals surface area contributed by atoms with Crippen molar-refractivity contribution in [1.29, 1.82) is 0 Å². The molecule has 7 aromatic rings. The maximum atomic E-state index is 2.39. The minimum absolute atomic E-state index is 1.26. The van der Waals surface area contributed by atoms with E-state index in [0.29, 0.717) is 0 Å². The van der Waals surface area contributed by atoms with Crippen molar-refractivity contribution in [3.63, 3.8) is 0 Å². The fourth-order valence-electron chi connectivity index (χ4n) is 6.12. The standard InChI is InChI=1S/C38H28.3C2H6/c1-25-12-3-5-15-29(25)36-24-28(23-22-26(36)2)37-32-17-7-9-19-34(32)38(35-20-10-8-18-33(35)37)31-21-11-14-27-13-4-6-16-30(27)31;3*1-2/h3-24H,1-2H3;3*1-2H3. The van der Waals surface area contributed by atoms with Crippen LogP contribution in [0.2, 0.25) is 0 Å². The summed E-state index contributed by atoms with van der Waals surface area (Å²) in [6.45, 7) is 16.4. The Morgan fingerprint density at radius 1 is 0.318 bits per heavy atom. The van der Waals surface area contributed by atoms with Crippen molar-refractivity contribution >= 4 is 32.3 Å². The molecule has 0 radical (unpaired) electrons. The van der Waals surface area contributed by atoms with Crippen LogP contribution in [0.25, 0.3) is 65.7 Å². The van der Waals surface area contributed by atoms with Crippen molar-refractivity contribution in [2.24, 2.45) is 0 Å². The minimum Gasteiger partial charge on any atom is -0.0683 e. The maximum absolute atomic E-state index is 2.39. The summed E-state index contributed by atoms with van der Waals surface area (Å²) in [7, 11) is 0. The third-order valence-electron chi connectivity index (χ3n) is 7.95. The molecule has 0 fully saturated rings. The summed E-state index contributed by atoms with van der Waals surface area (Å²) in [6, 6.07) is 48.9. The van der Waals surface area contributed by atoms with Gasteiger partial charge in [-0.2, -0.15) is 0 Å². The highest BCUT2D eigenvalue weighted by Crippen LogP contribution is 2.45. The van der Waals surface area contributed by atoms with E-state index < -0.39 is 0 Å². The Morgan fingerprint density at radius 3 is 1.34 bits per heavy atom. The van der Waals surface area contributed by atoms with Crippen LogP contribution in [0.4, 0.5) is 0 Å². The molecule has 0 spiro atoms. The van der Waals surface area contributed by atoms with Gasteiger partial charge in [-0.3, -0.25) is 0 Å². The normalized spacial score (nSPS) is 10.3. The van der Waals surface area contributed by atoms with Crippen molar-refractivity contribution in [2.45, 2.75) is 55.4 Å². The molecule has 0 aromatic heterocycles. The van der Waals surface area contributed by atoms with Gasteiger partial charge in [-0.15, -0.1) is 0 Å². The molecule has 0 unspecified atom stereocenters. The molecule has 222 valence electrons. The highest BCUT2D eigenvalue weighted by atomic mass is 14.2. The van der Waals surface area contributed by atoms with Crippen LogP contribution >= 0.6 is 0 Å². The van der Waals surface area contributed by atoms with E-state index in [1.54, 1.807) is 0 Å². The SMILES string of the molecule is CC.CC.CC.Cc1ccccc1-c1cc(-c2c3ccccc3c(-c3cccc4ccccc34)c3ccccc23)ccc1C. The number of rotatable bonds is 3. The second-order valence-corrected chi connectivity index (χ2v) is 10.2. The maximum Gasteiger partial charge on any atom is -0.00201 e. The summed E-state index contributed by atoms with van der Waals surface area (Å²) in [6.07, 6.45) is 0. The monoisotopic (exact) mass is 574 g/mol. The fourth-order valence-corrected chi connectivity index (χ4v) is 6.12. The molecule has 0 aliphatic rings. The molecule has 0 aliphatic carbocycles. The largest absolute Gasteiger partial charge is 0.0683 e. The van der Waals surface area contributed by atoms with Gasteiger partial charge in [0.1, 0.15) is 0 Å². The van der Waals surface area contributed by atoms with Crippen LogP contribution in [-0.2, 0) is 0 Å². The summed E-state index contributed by atoms with van der Waals surface area (Å²) in [5.74, 6) is 0. The molecule has 44 heavy (non-hydrogen) atoms. The van der Waals surface area contributed by atoms with Gasteiger partial charge >= 0.3 is 0 Å². The van der Waals surface area contributed by atoms with Crippen molar-refractivity contribution in [3.05, 3.63) is 145 Å². The quantitative estimate of drug-likeness (QED) is 0.184. The summed E-state index contributed by atoms with van der Waals surface area (Å²) < 4.78 is 0. The smallest absolute Gasteiger partial charge is 0.00201 e. The minimum atomic E-state index is 1.26. The van der Waals surface area contributed by atoms with E-state index in [1.807, 2.05) is 41.5 Å². The van der Waals surface area contributed by atoms with E-state index in [2.05, 4.69) is 147 Å². The zero-order valence-corrected chi connectivity index (χ0v) is 27.7. The lowest BCUT2D eigenvalue weighted by molar-refractivity contribution is 1.41. The number of aryl methyl sites for hydroxylation is 2. The molecule has 7 rings (SSSR count). The van der Waals surface area contributed by atoms with Gasteiger partial charge in [0.2, 0.25) is 0 Å². The Morgan fingerprint density at radius 2 is 0.750 bits per heavy atom. The van der Waals surface area contributed by atoms with E-state index in [-0.39, 0.29) is 0 Å². The topological polar surface area (TPSA) is 0 Å². The van der Waals surface area contributed by atoms with E-state index in [0.717, 1.165) is 0 Å². The lowest BCUT2D eigenvalue weighted by atomic mass is 9.84. The van der Waals surface area contributed by atoms with Gasteiger partial charge in [-0.05, 0) is 96.7 Å². The van der Waals surface area contributed by atoms with Gasteiger partial charge in [-0.1, -0.05) is 169 Å². The zero-order valence-electron chi connectivity index (χ0n) is 27.7. The van der Waals surface area contributed by atoms with E-state index in [4.69, 9.17) is 0 Å². The number of fused-ring (bicyclic) bond motifs is 3. The lowest BCUT2D eigenvalue weighted by Gasteiger charge is -2.19. The molecular weight excluding hydrogens is 528 g/mol. The first-order valence-electron chi connectivity index (χ1n) is 16.3. The van der Waals surface area contributed by atoms with Gasteiger partial charge in [0, 0.05) is 0 Å². The number of hydrogen-bond acceptors (Lipinski definition) is 0. The van der Waals surface area contributed by atoms with E-state index in [9.17, 15) is 0 Å². The molecule has 0 atom stereocenters. The average molecular weight is 575 g/mol. The zero-order chi connectivity index (χ0) is 31.6. The van der Waals surface area contributed by atoms with E-state index >= 15 is 0 Å². The molecule has 0 bridgehead atoms. The molecular formula is C44H46. The van der Waals surface area contributed by atoms with Crippen molar-refractivity contribution in [1.82, 2.24) is 0 Å². The number of benzene rings is 7. The average Bonchev–Trinajstić information content (AvgIpc) is 3.10. The predicted octanol–water partition coefficient (Wildman–Crippen LogP) is 13.8.